The van der Waals surface area contributed by atoms with Crippen molar-refractivity contribution < 1.29 is 4.52 Å². The molecule has 19 heavy (non-hydrogen) atoms. The van der Waals surface area contributed by atoms with Crippen molar-refractivity contribution in [2.45, 2.75) is 31.4 Å². The molecule has 0 amide bonds. The maximum atomic E-state index is 8.84. The third kappa shape index (κ3) is 2.61. The van der Waals surface area contributed by atoms with Gasteiger partial charge in [0.15, 0.2) is 0 Å². The molecule has 6 heteroatoms. The summed E-state index contributed by atoms with van der Waals surface area (Å²) in [5.74, 6) is 0. The molecule has 2 unspecified atom stereocenters. The molecule has 0 N–H and O–H groups in total. The Morgan fingerprint density at radius 1 is 1.53 bits per heavy atom. The molecule has 1 aromatic rings. The minimum atomic E-state index is -0.950. The van der Waals surface area contributed by atoms with Gasteiger partial charge in [0.2, 0.25) is 7.65 Å². The lowest BCUT2D eigenvalue weighted by Gasteiger charge is -2.17. The molecule has 100 valence electrons. The van der Waals surface area contributed by atoms with E-state index >= 15 is 0 Å². The van der Waals surface area contributed by atoms with Gasteiger partial charge in [-0.3, -0.25) is 0 Å². The van der Waals surface area contributed by atoms with Crippen molar-refractivity contribution in [2.24, 2.45) is 0 Å². The molecular weight excluding hydrogens is 302 g/mol. The third-order valence-electron chi connectivity index (χ3n) is 3.73. The van der Waals surface area contributed by atoms with Crippen molar-refractivity contribution >= 4 is 30.5 Å². The maximum Gasteiger partial charge on any atom is 0.207 e. The minimum Gasteiger partial charge on any atom is -0.326 e. The second kappa shape index (κ2) is 5.56. The zero-order valence-corrected chi connectivity index (χ0v) is 12.6. The van der Waals surface area contributed by atoms with Crippen LogP contribution in [0.15, 0.2) is 18.2 Å². The zero-order valence-electron chi connectivity index (χ0n) is 10.2. The van der Waals surface area contributed by atoms with Crippen molar-refractivity contribution in [1.82, 2.24) is 4.67 Å². The first kappa shape index (κ1) is 13.6. The van der Waals surface area contributed by atoms with E-state index in [1.807, 2.05) is 6.07 Å². The van der Waals surface area contributed by atoms with Crippen molar-refractivity contribution in [3.63, 3.8) is 0 Å². The number of nitrogens with zero attached hydrogens (tertiary/aromatic N) is 2. The van der Waals surface area contributed by atoms with Crippen LogP contribution >= 0.6 is 30.5 Å². The van der Waals surface area contributed by atoms with Crippen LogP contribution in [0.2, 0.25) is 5.02 Å². The fourth-order valence-corrected chi connectivity index (χ4v) is 5.25. The predicted octanol–water partition coefficient (Wildman–Crippen LogP) is 4.08. The van der Waals surface area contributed by atoms with Crippen LogP contribution in [0.5, 0.6) is 0 Å². The molecule has 0 aliphatic carbocycles. The normalized spacial score (nSPS) is 30.3. The summed E-state index contributed by atoms with van der Waals surface area (Å²) >= 11 is 12.5. The Balaban J connectivity index is 1.77. The number of benzene rings is 1. The predicted molar refractivity (Wildman–Crippen MR) is 77.2 cm³/mol. The molecule has 3 atom stereocenters. The molecule has 1 aromatic carbocycles. The SMILES string of the molecule is N#Cc1ccc(C[C@H]2OP(Cl)N3CCCC23)c(Cl)c1. The highest BCUT2D eigenvalue weighted by Gasteiger charge is 2.44. The molecule has 2 fully saturated rings. The van der Waals surface area contributed by atoms with Crippen LogP contribution < -0.4 is 0 Å². The van der Waals surface area contributed by atoms with Crippen LogP contribution in [0.3, 0.4) is 0 Å². The van der Waals surface area contributed by atoms with Crippen molar-refractivity contribution in [2.75, 3.05) is 6.54 Å². The van der Waals surface area contributed by atoms with Gasteiger partial charge in [-0.25, -0.2) is 4.67 Å². The summed E-state index contributed by atoms with van der Waals surface area (Å²) in [6.07, 6.45) is 3.22. The van der Waals surface area contributed by atoms with Gasteiger partial charge in [0.25, 0.3) is 0 Å². The second-order valence-electron chi connectivity index (χ2n) is 4.86. The Labute approximate surface area is 123 Å². The highest BCUT2D eigenvalue weighted by atomic mass is 35.7. The molecule has 0 saturated carbocycles. The molecule has 3 nitrogen and oxygen atoms in total. The number of hydrogen-bond donors (Lipinski definition) is 0. The van der Waals surface area contributed by atoms with Gasteiger partial charge >= 0.3 is 0 Å². The van der Waals surface area contributed by atoms with Crippen molar-refractivity contribution in [3.05, 3.63) is 34.3 Å². The van der Waals surface area contributed by atoms with Gasteiger partial charge in [-0.15, -0.1) is 0 Å². The first-order valence-electron chi connectivity index (χ1n) is 6.27. The summed E-state index contributed by atoms with van der Waals surface area (Å²) in [6, 6.07) is 7.94. The highest BCUT2D eigenvalue weighted by Crippen LogP contribution is 2.58. The van der Waals surface area contributed by atoms with Crippen LogP contribution in [0.1, 0.15) is 24.0 Å². The summed E-state index contributed by atoms with van der Waals surface area (Å²) in [7, 11) is -0.950. The topological polar surface area (TPSA) is 36.3 Å². The quantitative estimate of drug-likeness (QED) is 0.772. The van der Waals surface area contributed by atoms with E-state index in [4.69, 9.17) is 32.6 Å². The Hall–Kier alpha value is -0.360. The van der Waals surface area contributed by atoms with Gasteiger partial charge in [0, 0.05) is 24.0 Å². The lowest BCUT2D eigenvalue weighted by molar-refractivity contribution is 0.211. The van der Waals surface area contributed by atoms with E-state index in [0.717, 1.165) is 24.9 Å². The monoisotopic (exact) mass is 314 g/mol. The Morgan fingerprint density at radius 2 is 2.37 bits per heavy atom. The van der Waals surface area contributed by atoms with Gasteiger partial charge in [-0.1, -0.05) is 17.7 Å². The molecule has 2 aliphatic heterocycles. The van der Waals surface area contributed by atoms with Crippen molar-refractivity contribution in [1.29, 1.82) is 5.26 Å². The summed E-state index contributed by atoms with van der Waals surface area (Å²) in [5.41, 5.74) is 1.61. The van der Waals surface area contributed by atoms with Crippen LogP contribution in [0.25, 0.3) is 0 Å². The molecule has 2 saturated heterocycles. The fourth-order valence-electron chi connectivity index (χ4n) is 2.77. The van der Waals surface area contributed by atoms with Gasteiger partial charge in [-0.2, -0.15) is 5.26 Å². The van der Waals surface area contributed by atoms with Gasteiger partial charge in [0.05, 0.1) is 17.7 Å². The molecule has 0 bridgehead atoms. The Bertz CT molecular complexity index is 534. The van der Waals surface area contributed by atoms with E-state index in [0.29, 0.717) is 16.6 Å². The largest absolute Gasteiger partial charge is 0.326 e. The standard InChI is InChI=1S/C13H13Cl2N2OP/c14-11-6-9(8-16)3-4-10(11)7-13-12-2-1-5-17(12)19(15)18-13/h3-4,6,12-13H,1-2,5,7H2/t12?,13-,19?/m1/s1. The zero-order chi connectivity index (χ0) is 13.4. The molecule has 2 heterocycles. The molecule has 2 aliphatic rings. The fraction of sp³-hybridized carbons (Fsp3) is 0.462. The average molecular weight is 315 g/mol. The van der Waals surface area contributed by atoms with Gasteiger partial charge in [0.1, 0.15) is 0 Å². The van der Waals surface area contributed by atoms with Gasteiger partial charge in [-0.05, 0) is 41.8 Å². The van der Waals surface area contributed by atoms with E-state index < -0.39 is 7.65 Å². The van der Waals surface area contributed by atoms with E-state index in [-0.39, 0.29) is 6.10 Å². The number of fused-ring (bicyclic) bond motifs is 1. The summed E-state index contributed by atoms with van der Waals surface area (Å²) in [6.45, 7) is 1.04. The lowest BCUT2D eigenvalue weighted by atomic mass is 10.00. The Morgan fingerprint density at radius 3 is 3.11 bits per heavy atom. The van der Waals surface area contributed by atoms with Crippen LogP contribution in [0.4, 0.5) is 0 Å². The molecule has 3 rings (SSSR count). The van der Waals surface area contributed by atoms with Crippen LogP contribution in [-0.4, -0.2) is 23.4 Å². The number of halogens is 2. The number of hydrogen-bond acceptors (Lipinski definition) is 3. The summed E-state index contributed by atoms with van der Waals surface area (Å²) in [5, 5.41) is 9.48. The number of rotatable bonds is 2. The molecule has 0 aromatic heterocycles. The smallest absolute Gasteiger partial charge is 0.207 e. The molecule has 0 spiro atoms. The third-order valence-corrected chi connectivity index (χ3v) is 6.25. The van der Waals surface area contributed by atoms with E-state index in [9.17, 15) is 0 Å². The van der Waals surface area contributed by atoms with E-state index in [1.165, 1.54) is 6.42 Å². The first-order valence-corrected chi connectivity index (χ1v) is 8.76. The van der Waals surface area contributed by atoms with E-state index in [2.05, 4.69) is 10.7 Å². The van der Waals surface area contributed by atoms with Gasteiger partial charge < -0.3 is 4.52 Å². The summed E-state index contributed by atoms with van der Waals surface area (Å²) in [4.78, 5) is 0. The van der Waals surface area contributed by atoms with Crippen LogP contribution in [0, 0.1) is 11.3 Å². The van der Waals surface area contributed by atoms with Crippen molar-refractivity contribution in [3.8, 4) is 6.07 Å². The summed E-state index contributed by atoms with van der Waals surface area (Å²) < 4.78 is 8.15. The minimum absolute atomic E-state index is 0.122. The second-order valence-corrected chi connectivity index (χ2v) is 7.32. The molecule has 0 radical (unpaired) electrons. The Kier molecular flexibility index (Phi) is 3.98. The van der Waals surface area contributed by atoms with E-state index in [1.54, 1.807) is 12.1 Å². The highest BCUT2D eigenvalue weighted by molar-refractivity contribution is 7.78. The first-order chi connectivity index (χ1) is 9.19. The average Bonchev–Trinajstić information content (AvgIpc) is 2.98. The van der Waals surface area contributed by atoms with Crippen LogP contribution in [-0.2, 0) is 10.9 Å². The lowest BCUT2D eigenvalue weighted by Crippen LogP contribution is -2.29. The number of nitriles is 1. The molecular formula is C13H13Cl2N2OP. The maximum absolute atomic E-state index is 8.84.